The predicted molar refractivity (Wildman–Crippen MR) is 73.1 cm³/mol. The number of halogens is 1. The number of carbonyl (C=O) groups excluding carboxylic acids is 1. The van der Waals surface area contributed by atoms with Gasteiger partial charge in [-0.3, -0.25) is 9.78 Å². The number of thioether (sulfide) groups is 1. The molecule has 1 aromatic heterocycles. The molecular formula is C12H15ClN2O2S. The summed E-state index contributed by atoms with van der Waals surface area (Å²) in [6.07, 6.45) is 2.91. The van der Waals surface area contributed by atoms with Crippen LogP contribution in [-0.4, -0.2) is 39.6 Å². The molecule has 0 aromatic carbocycles. The molecule has 2 rings (SSSR count). The molecule has 1 aliphatic rings. The zero-order chi connectivity index (χ0) is 13.0. The Balaban J connectivity index is 1.92. The van der Waals surface area contributed by atoms with Crippen LogP contribution in [0.5, 0.6) is 0 Å². The van der Waals surface area contributed by atoms with Crippen LogP contribution in [0.2, 0.25) is 5.02 Å². The summed E-state index contributed by atoms with van der Waals surface area (Å²) in [6.45, 7) is 0.264. The first kappa shape index (κ1) is 13.6. The Morgan fingerprint density at radius 1 is 1.56 bits per heavy atom. The van der Waals surface area contributed by atoms with Crippen LogP contribution in [0, 0.1) is 0 Å². The molecule has 1 fully saturated rings. The Morgan fingerprint density at radius 3 is 2.94 bits per heavy atom. The lowest BCUT2D eigenvalue weighted by molar-refractivity contribution is 0.0310. The molecule has 98 valence electrons. The first-order valence-corrected chi connectivity index (χ1v) is 7.32. The summed E-state index contributed by atoms with van der Waals surface area (Å²) in [5, 5.41) is 13.4. The fraction of sp³-hybridized carbons (Fsp3) is 0.500. The van der Waals surface area contributed by atoms with Gasteiger partial charge in [0.1, 0.15) is 5.69 Å². The summed E-state index contributed by atoms with van der Waals surface area (Å²) in [5.74, 6) is 1.56. The molecule has 6 heteroatoms. The molecule has 2 heterocycles. The van der Waals surface area contributed by atoms with Crippen LogP contribution < -0.4 is 5.32 Å². The Morgan fingerprint density at radius 2 is 2.28 bits per heavy atom. The van der Waals surface area contributed by atoms with Gasteiger partial charge in [0.2, 0.25) is 0 Å². The Labute approximate surface area is 115 Å². The molecule has 0 atom stereocenters. The molecule has 0 unspecified atom stereocenters. The van der Waals surface area contributed by atoms with Crippen molar-refractivity contribution in [3.8, 4) is 0 Å². The van der Waals surface area contributed by atoms with Crippen LogP contribution in [0.15, 0.2) is 18.3 Å². The lowest BCUT2D eigenvalue weighted by atomic mass is 9.97. The minimum atomic E-state index is -0.778. The number of rotatable bonds is 3. The maximum Gasteiger partial charge on any atom is 0.270 e. The van der Waals surface area contributed by atoms with E-state index >= 15 is 0 Å². The summed E-state index contributed by atoms with van der Waals surface area (Å²) in [7, 11) is 0. The summed E-state index contributed by atoms with van der Waals surface area (Å²) < 4.78 is 0. The van der Waals surface area contributed by atoms with E-state index in [0.717, 1.165) is 11.5 Å². The molecular weight excluding hydrogens is 272 g/mol. The number of aliphatic hydroxyl groups is 1. The van der Waals surface area contributed by atoms with Gasteiger partial charge in [0.25, 0.3) is 5.91 Å². The zero-order valence-corrected chi connectivity index (χ0v) is 11.4. The van der Waals surface area contributed by atoms with Gasteiger partial charge in [-0.1, -0.05) is 11.6 Å². The highest BCUT2D eigenvalue weighted by Crippen LogP contribution is 2.26. The second-order valence-corrected chi connectivity index (χ2v) is 6.04. The summed E-state index contributed by atoms with van der Waals surface area (Å²) in [4.78, 5) is 15.8. The fourth-order valence-corrected chi connectivity index (χ4v) is 3.20. The van der Waals surface area contributed by atoms with E-state index in [9.17, 15) is 9.90 Å². The van der Waals surface area contributed by atoms with Gasteiger partial charge in [-0.2, -0.15) is 11.8 Å². The van der Waals surface area contributed by atoms with Crippen molar-refractivity contribution in [2.45, 2.75) is 18.4 Å². The first-order chi connectivity index (χ1) is 8.59. The third-order valence-electron chi connectivity index (χ3n) is 2.96. The molecule has 1 saturated heterocycles. The third-order valence-corrected chi connectivity index (χ3v) is 4.18. The molecule has 1 aromatic rings. The monoisotopic (exact) mass is 286 g/mol. The maximum absolute atomic E-state index is 11.8. The fourth-order valence-electron chi connectivity index (χ4n) is 1.79. The number of hydrogen-bond donors (Lipinski definition) is 2. The second kappa shape index (κ2) is 5.91. The maximum atomic E-state index is 11.8. The van der Waals surface area contributed by atoms with Crippen molar-refractivity contribution in [3.63, 3.8) is 0 Å². The molecule has 1 amide bonds. The predicted octanol–water partition coefficient (Wildman–Crippen LogP) is 1.72. The summed E-state index contributed by atoms with van der Waals surface area (Å²) in [5.41, 5.74) is -0.504. The van der Waals surface area contributed by atoms with E-state index in [2.05, 4.69) is 10.3 Å². The van der Waals surface area contributed by atoms with Gasteiger partial charge in [0.05, 0.1) is 5.60 Å². The van der Waals surface area contributed by atoms with E-state index < -0.39 is 5.60 Å². The number of nitrogens with one attached hydrogen (secondary N) is 1. The molecule has 0 spiro atoms. The highest BCUT2D eigenvalue weighted by atomic mass is 35.5. The normalized spacial score (nSPS) is 18.3. The molecule has 4 nitrogen and oxygen atoms in total. The molecule has 0 saturated carbocycles. The molecule has 2 N–H and O–H groups in total. The minimum Gasteiger partial charge on any atom is -0.388 e. The van der Waals surface area contributed by atoms with Crippen molar-refractivity contribution in [1.29, 1.82) is 0 Å². The van der Waals surface area contributed by atoms with Crippen molar-refractivity contribution >= 4 is 29.3 Å². The highest BCUT2D eigenvalue weighted by molar-refractivity contribution is 7.99. The smallest absolute Gasteiger partial charge is 0.270 e. The molecule has 1 aliphatic heterocycles. The Bertz CT molecular complexity index is 436. The molecule has 0 radical (unpaired) electrons. The Hall–Kier alpha value is -0.780. The van der Waals surface area contributed by atoms with E-state index in [1.54, 1.807) is 6.07 Å². The minimum absolute atomic E-state index is 0.264. The first-order valence-electron chi connectivity index (χ1n) is 5.79. The van der Waals surface area contributed by atoms with Gasteiger partial charge in [-0.05, 0) is 36.5 Å². The standard InChI is InChI=1S/C12H15ClN2O2S/c13-9-1-4-14-10(7-9)11(16)15-8-12(17)2-5-18-6-3-12/h1,4,7,17H,2-3,5-6,8H2,(H,15,16). The van der Waals surface area contributed by atoms with Gasteiger partial charge < -0.3 is 10.4 Å². The van der Waals surface area contributed by atoms with Crippen molar-refractivity contribution < 1.29 is 9.90 Å². The number of nitrogens with zero attached hydrogens (tertiary/aromatic N) is 1. The van der Waals surface area contributed by atoms with Crippen molar-refractivity contribution in [1.82, 2.24) is 10.3 Å². The van der Waals surface area contributed by atoms with Crippen LogP contribution in [0.1, 0.15) is 23.3 Å². The number of pyridine rings is 1. The van der Waals surface area contributed by atoms with Gasteiger partial charge >= 0.3 is 0 Å². The number of aromatic nitrogens is 1. The van der Waals surface area contributed by atoms with E-state index in [1.807, 2.05) is 11.8 Å². The van der Waals surface area contributed by atoms with E-state index in [-0.39, 0.29) is 18.1 Å². The van der Waals surface area contributed by atoms with E-state index in [0.29, 0.717) is 17.9 Å². The average molecular weight is 287 g/mol. The number of carbonyl (C=O) groups is 1. The van der Waals surface area contributed by atoms with Crippen LogP contribution in [0.25, 0.3) is 0 Å². The van der Waals surface area contributed by atoms with Gasteiger partial charge in [-0.25, -0.2) is 0 Å². The lowest BCUT2D eigenvalue weighted by Crippen LogP contribution is -2.45. The van der Waals surface area contributed by atoms with Crippen LogP contribution in [-0.2, 0) is 0 Å². The van der Waals surface area contributed by atoms with Gasteiger partial charge in [-0.15, -0.1) is 0 Å². The molecule has 18 heavy (non-hydrogen) atoms. The zero-order valence-electron chi connectivity index (χ0n) is 9.86. The summed E-state index contributed by atoms with van der Waals surface area (Å²) in [6, 6.07) is 3.13. The lowest BCUT2D eigenvalue weighted by Gasteiger charge is -2.31. The third kappa shape index (κ3) is 3.60. The largest absolute Gasteiger partial charge is 0.388 e. The second-order valence-electron chi connectivity index (χ2n) is 4.38. The van der Waals surface area contributed by atoms with Crippen molar-refractivity contribution in [3.05, 3.63) is 29.0 Å². The SMILES string of the molecule is O=C(NCC1(O)CCSCC1)c1cc(Cl)ccn1. The molecule has 0 bridgehead atoms. The number of amides is 1. The highest BCUT2D eigenvalue weighted by Gasteiger charge is 2.30. The summed E-state index contributed by atoms with van der Waals surface area (Å²) >= 11 is 7.62. The Kier molecular flexibility index (Phi) is 4.48. The van der Waals surface area contributed by atoms with E-state index in [1.165, 1.54) is 12.3 Å². The van der Waals surface area contributed by atoms with Crippen LogP contribution in [0.4, 0.5) is 0 Å². The van der Waals surface area contributed by atoms with E-state index in [4.69, 9.17) is 11.6 Å². The van der Waals surface area contributed by atoms with Gasteiger partial charge in [0.15, 0.2) is 0 Å². The van der Waals surface area contributed by atoms with Crippen molar-refractivity contribution in [2.24, 2.45) is 0 Å². The van der Waals surface area contributed by atoms with Crippen LogP contribution in [0.3, 0.4) is 0 Å². The molecule has 0 aliphatic carbocycles. The number of hydrogen-bond acceptors (Lipinski definition) is 4. The quantitative estimate of drug-likeness (QED) is 0.888. The average Bonchev–Trinajstić information content (AvgIpc) is 2.37. The van der Waals surface area contributed by atoms with Gasteiger partial charge in [0, 0.05) is 17.8 Å². The van der Waals surface area contributed by atoms with Crippen molar-refractivity contribution in [2.75, 3.05) is 18.1 Å². The topological polar surface area (TPSA) is 62.2 Å². The van der Waals surface area contributed by atoms with Crippen LogP contribution >= 0.6 is 23.4 Å².